The van der Waals surface area contributed by atoms with Crippen LogP contribution in [-0.2, 0) is 0 Å². The van der Waals surface area contributed by atoms with Crippen LogP contribution in [0.2, 0.25) is 0 Å². The minimum absolute atomic E-state index is 0.496. The molecule has 0 aliphatic heterocycles. The van der Waals surface area contributed by atoms with Crippen LogP contribution in [0.25, 0.3) is 88.9 Å². The summed E-state index contributed by atoms with van der Waals surface area (Å²) >= 11 is 0. The fourth-order valence-electron chi connectivity index (χ4n) is 6.34. The van der Waals surface area contributed by atoms with Crippen molar-refractivity contribution in [2.75, 3.05) is 0 Å². The zero-order chi connectivity index (χ0) is 30.5. The Bertz CT molecular complexity index is 2510. The van der Waals surface area contributed by atoms with Gasteiger partial charge in [-0.25, -0.2) is 19.9 Å². The maximum Gasteiger partial charge on any atom is 0.182 e. The first-order valence-electron chi connectivity index (χ1n) is 15.1. The molecule has 0 saturated carbocycles. The third-order valence-electron chi connectivity index (χ3n) is 8.42. The van der Waals surface area contributed by atoms with Gasteiger partial charge in [-0.15, -0.1) is 0 Å². The van der Waals surface area contributed by atoms with Crippen LogP contribution in [0.3, 0.4) is 0 Å². The van der Waals surface area contributed by atoms with E-state index in [0.29, 0.717) is 28.9 Å². The second-order valence-electron chi connectivity index (χ2n) is 11.1. The minimum atomic E-state index is 0.496. The lowest BCUT2D eigenvalue weighted by atomic mass is 9.90. The number of para-hydroxylation sites is 1. The highest BCUT2D eigenvalue weighted by Crippen LogP contribution is 2.42. The van der Waals surface area contributed by atoms with E-state index in [1.54, 1.807) is 12.4 Å². The maximum atomic E-state index is 5.28. The van der Waals surface area contributed by atoms with Gasteiger partial charge in [0.05, 0.1) is 11.2 Å². The Morgan fingerprint density at radius 2 is 0.804 bits per heavy atom. The largest absolute Gasteiger partial charge is 0.253 e. The molecule has 0 aliphatic carbocycles. The summed E-state index contributed by atoms with van der Waals surface area (Å²) in [7, 11) is 0. The average Bonchev–Trinajstić information content (AvgIpc) is 3.15. The normalized spacial score (nSPS) is 11.5. The molecule has 6 nitrogen and oxygen atoms in total. The maximum absolute atomic E-state index is 5.28. The van der Waals surface area contributed by atoms with E-state index in [1.165, 1.54) is 26.9 Å². The molecular weight excluding hydrogens is 564 g/mol. The average molecular weight is 589 g/mol. The van der Waals surface area contributed by atoms with Gasteiger partial charge in [0.2, 0.25) is 0 Å². The van der Waals surface area contributed by atoms with Crippen molar-refractivity contribution >= 4 is 43.2 Å². The molecule has 4 heterocycles. The molecule has 0 bridgehead atoms. The molecule has 0 amide bonds. The first kappa shape index (κ1) is 26.0. The topological polar surface area (TPSA) is 77.3 Å². The molecule has 0 fully saturated rings. The summed E-state index contributed by atoms with van der Waals surface area (Å²) in [5, 5.41) is 8.38. The van der Waals surface area contributed by atoms with Crippen molar-refractivity contribution in [3.63, 3.8) is 0 Å². The second-order valence-corrected chi connectivity index (χ2v) is 11.1. The number of nitrogens with zero attached hydrogens (tertiary/aromatic N) is 6. The molecule has 46 heavy (non-hydrogen) atoms. The molecular formula is C40H24N6. The highest BCUT2D eigenvalue weighted by atomic mass is 15.1. The Kier molecular flexibility index (Phi) is 6.03. The summed E-state index contributed by atoms with van der Waals surface area (Å²) < 4.78 is 0. The molecule has 4 aromatic heterocycles. The molecule has 0 atom stereocenters. The van der Waals surface area contributed by atoms with Gasteiger partial charge in [0.25, 0.3) is 0 Å². The van der Waals surface area contributed by atoms with E-state index >= 15 is 0 Å². The first-order chi connectivity index (χ1) is 22.8. The SMILES string of the molecule is c1ccc(-c2nc(-c3ccc(-c4nc5ccccc5c5c6ccccc6c6ccccc6c45)cc3)nc(-c3ccccn3)n2)nc1. The van der Waals surface area contributed by atoms with Crippen LogP contribution >= 0.6 is 0 Å². The Morgan fingerprint density at radius 1 is 0.326 bits per heavy atom. The van der Waals surface area contributed by atoms with E-state index in [-0.39, 0.29) is 0 Å². The fourth-order valence-corrected chi connectivity index (χ4v) is 6.34. The number of rotatable bonds is 4. The van der Waals surface area contributed by atoms with E-state index in [0.717, 1.165) is 33.1 Å². The molecule has 0 spiro atoms. The van der Waals surface area contributed by atoms with Gasteiger partial charge < -0.3 is 0 Å². The predicted molar refractivity (Wildman–Crippen MR) is 185 cm³/mol. The van der Waals surface area contributed by atoms with Crippen molar-refractivity contribution in [1.29, 1.82) is 0 Å². The number of aromatic nitrogens is 6. The zero-order valence-corrected chi connectivity index (χ0v) is 24.5. The summed E-state index contributed by atoms with van der Waals surface area (Å²) in [6.07, 6.45) is 3.48. The molecule has 9 rings (SSSR count). The van der Waals surface area contributed by atoms with Crippen LogP contribution in [0.4, 0.5) is 0 Å². The van der Waals surface area contributed by atoms with Gasteiger partial charge >= 0.3 is 0 Å². The summed E-state index contributed by atoms with van der Waals surface area (Å²) in [5.74, 6) is 1.54. The van der Waals surface area contributed by atoms with Crippen molar-refractivity contribution in [1.82, 2.24) is 29.9 Å². The van der Waals surface area contributed by atoms with E-state index in [9.17, 15) is 0 Å². The van der Waals surface area contributed by atoms with E-state index in [1.807, 2.05) is 36.4 Å². The predicted octanol–water partition coefficient (Wildman–Crippen LogP) is 9.34. The van der Waals surface area contributed by atoms with Crippen molar-refractivity contribution in [3.05, 3.63) is 146 Å². The number of pyridine rings is 3. The second kappa shape index (κ2) is 10.6. The van der Waals surface area contributed by atoms with Crippen LogP contribution in [-0.4, -0.2) is 29.9 Å². The third kappa shape index (κ3) is 4.27. The third-order valence-corrected chi connectivity index (χ3v) is 8.42. The molecule has 214 valence electrons. The number of fused-ring (bicyclic) bond motifs is 8. The quantitative estimate of drug-likeness (QED) is 0.191. The van der Waals surface area contributed by atoms with Gasteiger partial charge in [0.1, 0.15) is 11.4 Å². The van der Waals surface area contributed by atoms with Crippen molar-refractivity contribution in [2.45, 2.75) is 0 Å². The Morgan fingerprint density at radius 3 is 1.39 bits per heavy atom. The molecule has 0 unspecified atom stereocenters. The van der Waals surface area contributed by atoms with Crippen LogP contribution in [0.15, 0.2) is 146 Å². The monoisotopic (exact) mass is 588 g/mol. The number of hydrogen-bond acceptors (Lipinski definition) is 6. The van der Waals surface area contributed by atoms with Gasteiger partial charge in [0, 0.05) is 39.7 Å². The van der Waals surface area contributed by atoms with Gasteiger partial charge in [0.15, 0.2) is 17.5 Å². The molecule has 5 aromatic carbocycles. The van der Waals surface area contributed by atoms with Gasteiger partial charge in [-0.2, -0.15) is 0 Å². The molecule has 0 radical (unpaired) electrons. The van der Waals surface area contributed by atoms with Crippen molar-refractivity contribution in [2.24, 2.45) is 0 Å². The molecule has 6 heteroatoms. The van der Waals surface area contributed by atoms with Crippen LogP contribution in [0, 0.1) is 0 Å². The molecule has 9 aromatic rings. The fraction of sp³-hybridized carbons (Fsp3) is 0. The smallest absolute Gasteiger partial charge is 0.182 e. The lowest BCUT2D eigenvalue weighted by Crippen LogP contribution is -2.01. The highest BCUT2D eigenvalue weighted by Gasteiger charge is 2.18. The zero-order valence-electron chi connectivity index (χ0n) is 24.5. The lowest BCUT2D eigenvalue weighted by Gasteiger charge is -2.16. The van der Waals surface area contributed by atoms with E-state index in [4.69, 9.17) is 19.9 Å². The summed E-state index contributed by atoms with van der Waals surface area (Å²) in [5.41, 5.74) is 5.13. The molecule has 0 saturated heterocycles. The molecule has 0 N–H and O–H groups in total. The summed E-state index contributed by atoms with van der Waals surface area (Å²) in [4.78, 5) is 28.7. The first-order valence-corrected chi connectivity index (χ1v) is 15.1. The Labute approximate surface area is 264 Å². The van der Waals surface area contributed by atoms with Crippen molar-refractivity contribution < 1.29 is 0 Å². The summed E-state index contributed by atoms with van der Waals surface area (Å²) in [6, 6.07) is 45.5. The standard InChI is InChI=1S/C40H24N6/c1-3-13-29-27(11-1)28-12-2-4-14-30(28)36-35(29)31-15-5-6-16-32(31)43-37(36)25-19-21-26(22-20-25)38-44-39(33-17-7-9-23-41-33)46-40(45-38)34-18-8-10-24-42-34/h1-24H. The lowest BCUT2D eigenvalue weighted by molar-refractivity contribution is 1.05. The number of benzene rings is 5. The van der Waals surface area contributed by atoms with Gasteiger partial charge in [-0.1, -0.05) is 103 Å². The van der Waals surface area contributed by atoms with Crippen LogP contribution < -0.4 is 0 Å². The van der Waals surface area contributed by atoms with E-state index in [2.05, 4.69) is 107 Å². The molecule has 0 aliphatic rings. The Hall–Kier alpha value is -6.40. The highest BCUT2D eigenvalue weighted by molar-refractivity contribution is 6.33. The minimum Gasteiger partial charge on any atom is -0.253 e. The van der Waals surface area contributed by atoms with Crippen molar-refractivity contribution in [3.8, 4) is 45.7 Å². The van der Waals surface area contributed by atoms with Gasteiger partial charge in [-0.3, -0.25) is 9.97 Å². The van der Waals surface area contributed by atoms with Gasteiger partial charge in [-0.05, 0) is 51.9 Å². The van der Waals surface area contributed by atoms with E-state index < -0.39 is 0 Å². The Balaban J connectivity index is 1.26. The summed E-state index contributed by atoms with van der Waals surface area (Å²) in [6.45, 7) is 0. The van der Waals surface area contributed by atoms with Crippen LogP contribution in [0.1, 0.15) is 0 Å². The number of hydrogen-bond donors (Lipinski definition) is 0. The van der Waals surface area contributed by atoms with Crippen LogP contribution in [0.5, 0.6) is 0 Å².